The molecule has 1 aromatic heterocycles. The Labute approximate surface area is 137 Å². The Bertz CT molecular complexity index is 791. The van der Waals surface area contributed by atoms with E-state index in [9.17, 15) is 0 Å². The van der Waals surface area contributed by atoms with E-state index < -0.39 is 0 Å². The van der Waals surface area contributed by atoms with Crippen molar-refractivity contribution in [3.63, 3.8) is 0 Å². The van der Waals surface area contributed by atoms with Gasteiger partial charge in [-0.05, 0) is 16.5 Å². The average Bonchev–Trinajstić information content (AvgIpc) is 3.07. The molecule has 21 heavy (non-hydrogen) atoms. The normalized spacial score (nSPS) is 14.2. The molecule has 1 aliphatic carbocycles. The van der Waals surface area contributed by atoms with Crippen LogP contribution in [0.5, 0.6) is 0 Å². The molecular weight excluding hydrogens is 438 g/mol. The molecule has 1 radical (unpaired) electrons. The number of nitrogens with zero attached hydrogens (tertiary/aromatic N) is 1. The maximum atomic E-state index is 5.49. The fourth-order valence-electron chi connectivity index (χ4n) is 3.29. The van der Waals surface area contributed by atoms with Crippen LogP contribution in [0.2, 0.25) is 0 Å². The SMILES string of the molecule is CC1(C)c2ccccc2-c2cc[c-]c(-c3ncco3)c21.[Ir]. The van der Waals surface area contributed by atoms with Crippen molar-refractivity contribution in [3.8, 4) is 22.6 Å². The van der Waals surface area contributed by atoms with E-state index in [0.717, 1.165) is 5.56 Å². The summed E-state index contributed by atoms with van der Waals surface area (Å²) in [6, 6.07) is 16.0. The molecule has 1 heterocycles. The van der Waals surface area contributed by atoms with Crippen LogP contribution >= 0.6 is 0 Å². The van der Waals surface area contributed by atoms with Crippen molar-refractivity contribution in [1.29, 1.82) is 0 Å². The van der Waals surface area contributed by atoms with Crippen molar-refractivity contribution in [1.82, 2.24) is 4.98 Å². The molecule has 0 N–H and O–H groups in total. The fraction of sp³-hybridized carbons (Fsp3) is 0.167. The van der Waals surface area contributed by atoms with E-state index >= 15 is 0 Å². The first-order valence-electron chi connectivity index (χ1n) is 6.74. The molecule has 0 fully saturated rings. The maximum absolute atomic E-state index is 5.49. The standard InChI is InChI=1S/C18H14NO.Ir/c1-18(2)15-9-4-3-6-12(15)13-7-5-8-14(16(13)18)17-19-10-11-20-17;/h3-7,9-11H,1-2H3;/q-1;. The van der Waals surface area contributed by atoms with Crippen LogP contribution in [0, 0.1) is 6.07 Å². The van der Waals surface area contributed by atoms with E-state index in [1.807, 2.05) is 6.07 Å². The van der Waals surface area contributed by atoms with Crippen molar-refractivity contribution in [3.05, 3.63) is 66.1 Å². The van der Waals surface area contributed by atoms with Gasteiger partial charge in [-0.2, -0.15) is 0 Å². The molecule has 4 rings (SSSR count). The summed E-state index contributed by atoms with van der Waals surface area (Å²) in [6.07, 6.45) is 3.29. The van der Waals surface area contributed by atoms with E-state index in [1.165, 1.54) is 22.3 Å². The number of fused-ring (bicyclic) bond motifs is 3. The van der Waals surface area contributed by atoms with Crippen molar-refractivity contribution in [2.75, 3.05) is 0 Å². The monoisotopic (exact) mass is 453 g/mol. The molecule has 0 spiro atoms. The quantitative estimate of drug-likeness (QED) is 0.510. The topological polar surface area (TPSA) is 26.0 Å². The second-order valence-corrected chi connectivity index (χ2v) is 5.65. The summed E-state index contributed by atoms with van der Waals surface area (Å²) in [6.45, 7) is 4.50. The Morgan fingerprint density at radius 3 is 2.67 bits per heavy atom. The molecular formula is C18H14IrNO-. The molecule has 0 aliphatic heterocycles. The Kier molecular flexibility index (Phi) is 3.35. The van der Waals surface area contributed by atoms with Crippen molar-refractivity contribution >= 4 is 0 Å². The van der Waals surface area contributed by atoms with Gasteiger partial charge in [-0.15, -0.1) is 23.8 Å². The zero-order chi connectivity index (χ0) is 13.7. The van der Waals surface area contributed by atoms with E-state index in [1.54, 1.807) is 12.5 Å². The molecule has 107 valence electrons. The molecule has 2 nitrogen and oxygen atoms in total. The number of aromatic nitrogens is 1. The van der Waals surface area contributed by atoms with E-state index in [4.69, 9.17) is 4.42 Å². The molecule has 0 atom stereocenters. The minimum atomic E-state index is -0.0620. The van der Waals surface area contributed by atoms with Gasteiger partial charge < -0.3 is 4.42 Å². The van der Waals surface area contributed by atoms with Gasteiger partial charge in [0.05, 0.1) is 12.5 Å². The minimum Gasteiger partial charge on any atom is -0.489 e. The van der Waals surface area contributed by atoms with Gasteiger partial charge in [0.15, 0.2) is 0 Å². The maximum Gasteiger partial charge on any atom is 0.140 e. The van der Waals surface area contributed by atoms with Crippen LogP contribution < -0.4 is 0 Å². The summed E-state index contributed by atoms with van der Waals surface area (Å²) < 4.78 is 5.49. The molecule has 0 saturated heterocycles. The van der Waals surface area contributed by atoms with Gasteiger partial charge in [0.2, 0.25) is 0 Å². The summed E-state index contributed by atoms with van der Waals surface area (Å²) in [5.41, 5.74) is 6.07. The molecule has 0 amide bonds. The van der Waals surface area contributed by atoms with Crippen LogP contribution in [0.25, 0.3) is 22.6 Å². The van der Waals surface area contributed by atoms with Gasteiger partial charge in [0, 0.05) is 20.1 Å². The van der Waals surface area contributed by atoms with Crippen LogP contribution in [-0.2, 0) is 25.5 Å². The first-order chi connectivity index (χ1) is 9.69. The molecule has 3 aromatic rings. The minimum absolute atomic E-state index is 0. The number of oxazole rings is 1. The zero-order valence-electron chi connectivity index (χ0n) is 11.8. The van der Waals surface area contributed by atoms with Crippen LogP contribution in [0.15, 0.2) is 53.3 Å². The summed E-state index contributed by atoms with van der Waals surface area (Å²) in [5, 5.41) is 0. The van der Waals surface area contributed by atoms with Gasteiger partial charge >= 0.3 is 0 Å². The van der Waals surface area contributed by atoms with Gasteiger partial charge in [-0.25, -0.2) is 0 Å². The third-order valence-electron chi connectivity index (χ3n) is 4.16. The number of benzene rings is 2. The molecule has 0 unspecified atom stereocenters. The molecule has 0 bridgehead atoms. The van der Waals surface area contributed by atoms with Crippen LogP contribution in [0.1, 0.15) is 25.0 Å². The third kappa shape index (κ3) is 1.92. The van der Waals surface area contributed by atoms with Crippen molar-refractivity contribution in [2.45, 2.75) is 19.3 Å². The fourth-order valence-corrected chi connectivity index (χ4v) is 3.29. The first-order valence-corrected chi connectivity index (χ1v) is 6.74. The predicted octanol–water partition coefficient (Wildman–Crippen LogP) is 4.45. The summed E-state index contributed by atoms with van der Waals surface area (Å²) in [4.78, 5) is 4.29. The Morgan fingerprint density at radius 1 is 1.10 bits per heavy atom. The summed E-state index contributed by atoms with van der Waals surface area (Å²) in [5.74, 6) is 0.641. The number of rotatable bonds is 1. The van der Waals surface area contributed by atoms with Crippen molar-refractivity contribution in [2.24, 2.45) is 0 Å². The van der Waals surface area contributed by atoms with Gasteiger partial charge in [-0.3, -0.25) is 4.98 Å². The van der Waals surface area contributed by atoms with E-state index in [2.05, 4.69) is 55.2 Å². The first kappa shape index (κ1) is 14.2. The van der Waals surface area contributed by atoms with E-state index in [0.29, 0.717) is 5.89 Å². The molecule has 2 aromatic carbocycles. The zero-order valence-corrected chi connectivity index (χ0v) is 14.2. The van der Waals surface area contributed by atoms with Crippen molar-refractivity contribution < 1.29 is 24.5 Å². The Morgan fingerprint density at radius 2 is 1.90 bits per heavy atom. The van der Waals surface area contributed by atoms with Crippen LogP contribution in [0.3, 0.4) is 0 Å². The predicted molar refractivity (Wildman–Crippen MR) is 78.3 cm³/mol. The molecule has 0 saturated carbocycles. The van der Waals surface area contributed by atoms with Gasteiger partial charge in [0.1, 0.15) is 5.89 Å². The summed E-state index contributed by atoms with van der Waals surface area (Å²) >= 11 is 0. The number of hydrogen-bond acceptors (Lipinski definition) is 2. The van der Waals surface area contributed by atoms with Gasteiger partial charge in [0.25, 0.3) is 0 Å². The smallest absolute Gasteiger partial charge is 0.140 e. The van der Waals surface area contributed by atoms with E-state index in [-0.39, 0.29) is 25.5 Å². The molecule has 3 heteroatoms. The average molecular weight is 453 g/mol. The Balaban J connectivity index is 0.00000132. The van der Waals surface area contributed by atoms with Crippen LogP contribution in [0.4, 0.5) is 0 Å². The second kappa shape index (κ2) is 4.94. The molecule has 1 aliphatic rings. The van der Waals surface area contributed by atoms with Crippen LogP contribution in [-0.4, -0.2) is 4.98 Å². The third-order valence-corrected chi connectivity index (χ3v) is 4.16. The number of hydrogen-bond donors (Lipinski definition) is 0. The second-order valence-electron chi connectivity index (χ2n) is 5.65. The Hall–Kier alpha value is -1.70. The van der Waals surface area contributed by atoms with Gasteiger partial charge in [-0.1, -0.05) is 49.2 Å². The summed E-state index contributed by atoms with van der Waals surface area (Å²) in [7, 11) is 0. The largest absolute Gasteiger partial charge is 0.489 e.